The number of rotatable bonds is 4. The summed E-state index contributed by atoms with van der Waals surface area (Å²) in [5, 5.41) is 0. The first kappa shape index (κ1) is 13.2. The van der Waals surface area contributed by atoms with Crippen molar-refractivity contribution in [3.05, 3.63) is 48.5 Å². The molecule has 0 saturated carbocycles. The van der Waals surface area contributed by atoms with E-state index in [0.717, 1.165) is 0 Å². The van der Waals surface area contributed by atoms with Crippen LogP contribution < -0.4 is 4.74 Å². The third-order valence-corrected chi connectivity index (χ3v) is 2.92. The minimum absolute atomic E-state index is 0.197. The Balaban J connectivity index is 2.12. The lowest BCUT2D eigenvalue weighted by molar-refractivity contribution is 0.482. The van der Waals surface area contributed by atoms with Gasteiger partial charge in [0, 0.05) is 4.90 Å². The Kier molecular flexibility index (Phi) is 4.20. The molecule has 1 atom stereocenters. The van der Waals surface area contributed by atoms with Gasteiger partial charge in [0.1, 0.15) is 11.5 Å². The summed E-state index contributed by atoms with van der Waals surface area (Å²) in [6.45, 7) is 0. The van der Waals surface area contributed by atoms with Gasteiger partial charge in [-0.15, -0.1) is 0 Å². The molecule has 19 heavy (non-hydrogen) atoms. The molecule has 5 nitrogen and oxygen atoms in total. The van der Waals surface area contributed by atoms with Crippen LogP contribution in [0.5, 0.6) is 11.5 Å². The number of nitrogens with zero attached hydrogens (tertiary/aromatic N) is 1. The highest BCUT2D eigenvalue weighted by atomic mass is 32.2. The second-order valence-corrected chi connectivity index (χ2v) is 4.45. The summed E-state index contributed by atoms with van der Waals surface area (Å²) >= 11 is -2.24. The van der Waals surface area contributed by atoms with Crippen molar-refractivity contribution in [1.29, 1.82) is 0 Å². The van der Waals surface area contributed by atoms with E-state index in [4.69, 9.17) is 4.74 Å². The lowest BCUT2D eigenvalue weighted by Crippen LogP contribution is -1.89. The van der Waals surface area contributed by atoms with Crippen molar-refractivity contribution in [2.24, 2.45) is 4.99 Å². The van der Waals surface area contributed by atoms with E-state index in [0.29, 0.717) is 17.2 Å². The van der Waals surface area contributed by atoms with Crippen LogP contribution in [0.4, 0.5) is 5.69 Å². The van der Waals surface area contributed by atoms with E-state index in [-0.39, 0.29) is 4.90 Å². The van der Waals surface area contributed by atoms with Crippen LogP contribution in [0.15, 0.2) is 58.4 Å². The summed E-state index contributed by atoms with van der Waals surface area (Å²) in [6, 6.07) is 12.5. The fraction of sp³-hybridized carbons (Fsp3) is 0. The SMILES string of the molecule is O=C=Nc1ccc(Oc2ccc(S(=O)[O-])cc2)cc1. The third kappa shape index (κ3) is 3.59. The summed E-state index contributed by atoms with van der Waals surface area (Å²) < 4.78 is 26.9. The number of benzene rings is 2. The molecule has 0 aliphatic carbocycles. The van der Waals surface area contributed by atoms with Crippen LogP contribution in [-0.2, 0) is 15.9 Å². The van der Waals surface area contributed by atoms with Crippen LogP contribution in [0.3, 0.4) is 0 Å². The van der Waals surface area contributed by atoms with Gasteiger partial charge in [0.2, 0.25) is 6.08 Å². The maximum Gasteiger partial charge on any atom is 0.240 e. The van der Waals surface area contributed by atoms with Crippen LogP contribution in [0, 0.1) is 0 Å². The molecule has 0 N–H and O–H groups in total. The predicted molar refractivity (Wildman–Crippen MR) is 67.9 cm³/mol. The van der Waals surface area contributed by atoms with Gasteiger partial charge in [-0.05, 0) is 59.6 Å². The first-order chi connectivity index (χ1) is 9.19. The monoisotopic (exact) mass is 274 g/mol. The number of hydrogen-bond donors (Lipinski definition) is 0. The van der Waals surface area contributed by atoms with Crippen molar-refractivity contribution in [3.8, 4) is 11.5 Å². The molecule has 0 heterocycles. The van der Waals surface area contributed by atoms with Crippen LogP contribution in [0.1, 0.15) is 0 Å². The zero-order valence-electron chi connectivity index (χ0n) is 9.61. The molecule has 1 unspecified atom stereocenters. The molecular formula is C13H8NO4S-. The topological polar surface area (TPSA) is 78.8 Å². The molecule has 2 aromatic rings. The van der Waals surface area contributed by atoms with Crippen molar-refractivity contribution in [1.82, 2.24) is 0 Å². The lowest BCUT2D eigenvalue weighted by Gasteiger charge is -2.08. The van der Waals surface area contributed by atoms with Crippen molar-refractivity contribution in [3.63, 3.8) is 0 Å². The van der Waals surface area contributed by atoms with Gasteiger partial charge in [0.25, 0.3) is 0 Å². The minimum atomic E-state index is -2.24. The maximum absolute atomic E-state index is 10.7. The van der Waals surface area contributed by atoms with E-state index < -0.39 is 11.1 Å². The molecule has 0 aliphatic heterocycles. The Morgan fingerprint density at radius 3 is 2.00 bits per heavy atom. The lowest BCUT2D eigenvalue weighted by atomic mass is 10.3. The smallest absolute Gasteiger partial charge is 0.240 e. The van der Waals surface area contributed by atoms with E-state index in [9.17, 15) is 13.6 Å². The summed E-state index contributed by atoms with van der Waals surface area (Å²) in [6.07, 6.45) is 1.45. The molecule has 0 fully saturated rings. The molecule has 0 amide bonds. The standard InChI is InChI=1S/C13H9NO4S/c15-9-14-10-1-3-11(4-2-10)18-12-5-7-13(8-6-12)19(16)17/h1-8H,(H,16,17)/p-1. The number of carbonyl (C=O) groups excluding carboxylic acids is 1. The Hall–Kier alpha value is -2.27. The Bertz CT molecular complexity index is 587. The van der Waals surface area contributed by atoms with Crippen LogP contribution in [0.25, 0.3) is 0 Å². The van der Waals surface area contributed by atoms with Crippen molar-refractivity contribution in [2.75, 3.05) is 0 Å². The van der Waals surface area contributed by atoms with E-state index >= 15 is 0 Å². The van der Waals surface area contributed by atoms with Gasteiger partial charge in [0.05, 0.1) is 5.69 Å². The molecule has 0 saturated heterocycles. The summed E-state index contributed by atoms with van der Waals surface area (Å²) in [5.74, 6) is 1.07. The Morgan fingerprint density at radius 1 is 1.00 bits per heavy atom. The number of hydrogen-bond acceptors (Lipinski definition) is 5. The molecule has 0 aliphatic rings. The molecule has 0 radical (unpaired) electrons. The predicted octanol–water partition coefficient (Wildman–Crippen LogP) is 2.68. The number of isocyanates is 1. The molecular weight excluding hydrogens is 266 g/mol. The Labute approximate surface area is 111 Å². The third-order valence-electron chi connectivity index (χ3n) is 2.26. The van der Waals surface area contributed by atoms with Gasteiger partial charge in [-0.25, -0.2) is 4.79 Å². The van der Waals surface area contributed by atoms with E-state index in [1.807, 2.05) is 0 Å². The highest BCUT2D eigenvalue weighted by Crippen LogP contribution is 2.24. The highest BCUT2D eigenvalue weighted by molar-refractivity contribution is 7.79. The van der Waals surface area contributed by atoms with Gasteiger partial charge >= 0.3 is 0 Å². The molecule has 96 valence electrons. The highest BCUT2D eigenvalue weighted by Gasteiger charge is 1.98. The van der Waals surface area contributed by atoms with Gasteiger partial charge in [-0.1, -0.05) is 0 Å². The van der Waals surface area contributed by atoms with Gasteiger partial charge in [-0.3, -0.25) is 4.21 Å². The average Bonchev–Trinajstić information content (AvgIpc) is 2.42. The summed E-state index contributed by atoms with van der Waals surface area (Å²) in [5.41, 5.74) is 0.486. The van der Waals surface area contributed by atoms with Crippen molar-refractivity contribution >= 4 is 22.8 Å². The van der Waals surface area contributed by atoms with Crippen LogP contribution in [-0.4, -0.2) is 14.8 Å². The number of aliphatic imine (C=N–C) groups is 1. The zero-order valence-corrected chi connectivity index (χ0v) is 10.4. The normalized spacial score (nSPS) is 11.4. The molecule has 2 rings (SSSR count). The second-order valence-electron chi connectivity index (χ2n) is 3.51. The van der Waals surface area contributed by atoms with Gasteiger partial charge in [0.15, 0.2) is 0 Å². The van der Waals surface area contributed by atoms with Crippen LogP contribution >= 0.6 is 0 Å². The minimum Gasteiger partial charge on any atom is -0.768 e. The fourth-order valence-electron chi connectivity index (χ4n) is 1.40. The fourth-order valence-corrected chi connectivity index (χ4v) is 1.75. The molecule has 0 aromatic heterocycles. The van der Waals surface area contributed by atoms with Crippen molar-refractivity contribution < 1.29 is 18.3 Å². The van der Waals surface area contributed by atoms with E-state index in [2.05, 4.69) is 4.99 Å². The van der Waals surface area contributed by atoms with E-state index in [1.165, 1.54) is 18.2 Å². The van der Waals surface area contributed by atoms with Gasteiger partial charge < -0.3 is 9.29 Å². The number of ether oxygens (including phenoxy) is 1. The maximum atomic E-state index is 10.7. The molecule has 0 bridgehead atoms. The largest absolute Gasteiger partial charge is 0.768 e. The average molecular weight is 274 g/mol. The quantitative estimate of drug-likeness (QED) is 0.488. The first-order valence-corrected chi connectivity index (χ1v) is 6.31. The molecule has 2 aromatic carbocycles. The Morgan fingerprint density at radius 2 is 1.53 bits per heavy atom. The molecule has 6 heteroatoms. The molecule has 0 spiro atoms. The van der Waals surface area contributed by atoms with Gasteiger partial charge in [-0.2, -0.15) is 4.99 Å². The van der Waals surface area contributed by atoms with Crippen LogP contribution in [0.2, 0.25) is 0 Å². The first-order valence-electron chi connectivity index (χ1n) is 5.24. The van der Waals surface area contributed by atoms with Crippen molar-refractivity contribution in [2.45, 2.75) is 4.90 Å². The summed E-state index contributed by atoms with van der Waals surface area (Å²) in [7, 11) is 0. The second kappa shape index (κ2) is 6.06. The zero-order chi connectivity index (χ0) is 13.7. The van der Waals surface area contributed by atoms with E-state index in [1.54, 1.807) is 36.4 Å². The summed E-state index contributed by atoms with van der Waals surface area (Å²) in [4.78, 5) is 13.7.